The average molecular weight is 242 g/mol. The lowest BCUT2D eigenvalue weighted by molar-refractivity contribution is 0.216. The second kappa shape index (κ2) is 5.69. The van der Waals surface area contributed by atoms with Crippen molar-refractivity contribution >= 4 is 0 Å². The molecule has 2 aromatic rings. The van der Waals surface area contributed by atoms with E-state index in [2.05, 4.69) is 0 Å². The van der Waals surface area contributed by atoms with Crippen molar-refractivity contribution in [2.24, 2.45) is 0 Å². The van der Waals surface area contributed by atoms with E-state index in [0.717, 1.165) is 16.9 Å². The molecule has 0 saturated heterocycles. The van der Waals surface area contributed by atoms with Crippen LogP contribution in [0, 0.1) is 0 Å². The molecule has 2 aromatic carbocycles. The highest BCUT2D eigenvalue weighted by Crippen LogP contribution is 2.25. The highest BCUT2D eigenvalue weighted by atomic mass is 16.5. The van der Waals surface area contributed by atoms with Gasteiger partial charge in [0, 0.05) is 0 Å². The van der Waals surface area contributed by atoms with Crippen LogP contribution in [0.4, 0.5) is 0 Å². The number of hydrogen-bond acceptors (Lipinski definition) is 2. The second-order valence-electron chi connectivity index (χ2n) is 4.55. The molecule has 1 N–H and O–H groups in total. The molecule has 0 aromatic heterocycles. The Bertz CT molecular complexity index is 491. The summed E-state index contributed by atoms with van der Waals surface area (Å²) in [5.41, 5.74) is 1.73. The number of aliphatic hydroxyl groups is 1. The van der Waals surface area contributed by atoms with Crippen molar-refractivity contribution in [3.8, 4) is 5.75 Å². The van der Waals surface area contributed by atoms with Crippen LogP contribution in [0.15, 0.2) is 54.6 Å². The van der Waals surface area contributed by atoms with E-state index in [9.17, 15) is 5.11 Å². The molecule has 0 aliphatic carbocycles. The third-order valence-electron chi connectivity index (χ3n) is 2.66. The summed E-state index contributed by atoms with van der Waals surface area (Å²) in [6.07, 6.45) is -0.476. The summed E-state index contributed by atoms with van der Waals surface area (Å²) in [6.45, 7) is 3.97. The Morgan fingerprint density at radius 3 is 2.22 bits per heavy atom. The lowest BCUT2D eigenvalue weighted by atomic mass is 10.0. The molecule has 2 rings (SSSR count). The Hall–Kier alpha value is -1.80. The summed E-state index contributed by atoms with van der Waals surface area (Å²) in [4.78, 5) is 0. The fourth-order valence-corrected chi connectivity index (χ4v) is 1.86. The largest absolute Gasteiger partial charge is 0.491 e. The molecule has 2 heteroatoms. The third kappa shape index (κ3) is 3.11. The van der Waals surface area contributed by atoms with Gasteiger partial charge in [0.15, 0.2) is 0 Å². The standard InChI is InChI=1S/C16H18O2/c1-12(2)18-15-10-6-9-14(11-15)16(17)13-7-4-3-5-8-13/h3-12,16-17H,1-2H3. The number of hydrogen-bond donors (Lipinski definition) is 1. The fourth-order valence-electron chi connectivity index (χ4n) is 1.86. The van der Waals surface area contributed by atoms with Crippen LogP contribution in [-0.4, -0.2) is 11.2 Å². The Morgan fingerprint density at radius 2 is 1.56 bits per heavy atom. The molecule has 0 spiro atoms. The van der Waals surface area contributed by atoms with Gasteiger partial charge in [-0.25, -0.2) is 0 Å². The van der Waals surface area contributed by atoms with Gasteiger partial charge >= 0.3 is 0 Å². The van der Waals surface area contributed by atoms with Crippen molar-refractivity contribution in [3.05, 3.63) is 65.7 Å². The van der Waals surface area contributed by atoms with Crippen LogP contribution in [-0.2, 0) is 0 Å². The molecule has 2 nitrogen and oxygen atoms in total. The first kappa shape index (κ1) is 12.7. The van der Waals surface area contributed by atoms with E-state index >= 15 is 0 Å². The highest BCUT2D eigenvalue weighted by Gasteiger charge is 2.10. The van der Waals surface area contributed by atoms with E-state index < -0.39 is 6.10 Å². The lowest BCUT2D eigenvalue weighted by Gasteiger charge is -2.14. The average Bonchev–Trinajstić information content (AvgIpc) is 2.38. The van der Waals surface area contributed by atoms with Gasteiger partial charge in [-0.1, -0.05) is 42.5 Å². The van der Waals surface area contributed by atoms with Crippen molar-refractivity contribution in [1.29, 1.82) is 0 Å². The van der Waals surface area contributed by atoms with Crippen molar-refractivity contribution in [3.63, 3.8) is 0 Å². The molecular formula is C16H18O2. The summed E-state index contributed by atoms with van der Waals surface area (Å²) in [5.74, 6) is 0.789. The molecule has 18 heavy (non-hydrogen) atoms. The number of rotatable bonds is 4. The Morgan fingerprint density at radius 1 is 0.889 bits per heavy atom. The first-order valence-electron chi connectivity index (χ1n) is 6.16. The first-order valence-corrected chi connectivity index (χ1v) is 6.16. The van der Waals surface area contributed by atoms with Gasteiger partial charge < -0.3 is 9.84 Å². The molecular weight excluding hydrogens is 224 g/mol. The minimum absolute atomic E-state index is 0.133. The predicted molar refractivity (Wildman–Crippen MR) is 72.7 cm³/mol. The van der Waals surface area contributed by atoms with Crippen LogP contribution >= 0.6 is 0 Å². The van der Waals surface area contributed by atoms with Crippen LogP contribution < -0.4 is 4.74 Å². The maximum absolute atomic E-state index is 10.3. The maximum Gasteiger partial charge on any atom is 0.120 e. The maximum atomic E-state index is 10.3. The van der Waals surface area contributed by atoms with Crippen molar-refractivity contribution < 1.29 is 9.84 Å². The van der Waals surface area contributed by atoms with Crippen LogP contribution in [0.1, 0.15) is 31.1 Å². The summed E-state index contributed by atoms with van der Waals surface area (Å²) in [5, 5.41) is 10.3. The second-order valence-corrected chi connectivity index (χ2v) is 4.55. The van der Waals surface area contributed by atoms with Crippen molar-refractivity contribution in [2.45, 2.75) is 26.1 Å². The molecule has 0 heterocycles. The van der Waals surface area contributed by atoms with Crippen molar-refractivity contribution in [1.82, 2.24) is 0 Å². The van der Waals surface area contributed by atoms with Crippen LogP contribution in [0.5, 0.6) is 5.75 Å². The molecule has 0 aliphatic heterocycles. The molecule has 0 saturated carbocycles. The molecule has 0 aliphatic rings. The minimum atomic E-state index is -0.609. The van der Waals surface area contributed by atoms with Gasteiger partial charge in [-0.3, -0.25) is 0 Å². The number of ether oxygens (including phenoxy) is 1. The zero-order valence-corrected chi connectivity index (χ0v) is 10.7. The van der Waals surface area contributed by atoms with Gasteiger partial charge in [-0.15, -0.1) is 0 Å². The smallest absolute Gasteiger partial charge is 0.120 e. The van der Waals surface area contributed by atoms with Crippen LogP contribution in [0.3, 0.4) is 0 Å². The topological polar surface area (TPSA) is 29.5 Å². The van der Waals surface area contributed by atoms with Gasteiger partial charge in [0.25, 0.3) is 0 Å². The van der Waals surface area contributed by atoms with Gasteiger partial charge in [-0.05, 0) is 37.1 Å². The summed E-state index contributed by atoms with van der Waals surface area (Å²) in [7, 11) is 0. The molecule has 0 radical (unpaired) electrons. The molecule has 1 atom stereocenters. The van der Waals surface area contributed by atoms with Gasteiger partial charge in [-0.2, -0.15) is 0 Å². The third-order valence-corrected chi connectivity index (χ3v) is 2.66. The van der Waals surface area contributed by atoms with Gasteiger partial charge in [0.1, 0.15) is 11.9 Å². The predicted octanol–water partition coefficient (Wildman–Crippen LogP) is 3.56. The van der Waals surface area contributed by atoms with Gasteiger partial charge in [0.2, 0.25) is 0 Å². The molecule has 94 valence electrons. The van der Waals surface area contributed by atoms with E-state index in [-0.39, 0.29) is 6.10 Å². The zero-order valence-electron chi connectivity index (χ0n) is 10.7. The molecule has 0 fully saturated rings. The van der Waals surface area contributed by atoms with Crippen molar-refractivity contribution in [2.75, 3.05) is 0 Å². The van der Waals surface area contributed by atoms with Crippen LogP contribution in [0.2, 0.25) is 0 Å². The molecule has 0 bridgehead atoms. The summed E-state index contributed by atoms with van der Waals surface area (Å²) in [6, 6.07) is 17.2. The Labute approximate surface area is 108 Å². The highest BCUT2D eigenvalue weighted by molar-refractivity contribution is 5.35. The first-order chi connectivity index (χ1) is 8.66. The summed E-state index contributed by atoms with van der Waals surface area (Å²) >= 11 is 0. The summed E-state index contributed by atoms with van der Waals surface area (Å²) < 4.78 is 5.63. The van der Waals surface area contributed by atoms with E-state index in [0.29, 0.717) is 0 Å². The Kier molecular flexibility index (Phi) is 4.00. The van der Waals surface area contributed by atoms with E-state index in [1.807, 2.05) is 68.4 Å². The SMILES string of the molecule is CC(C)Oc1cccc(C(O)c2ccccc2)c1. The number of aliphatic hydroxyl groups excluding tert-OH is 1. The van der Waals surface area contributed by atoms with Crippen LogP contribution in [0.25, 0.3) is 0 Å². The van der Waals surface area contributed by atoms with E-state index in [1.165, 1.54) is 0 Å². The quantitative estimate of drug-likeness (QED) is 0.888. The monoisotopic (exact) mass is 242 g/mol. The Balaban J connectivity index is 2.23. The minimum Gasteiger partial charge on any atom is -0.491 e. The normalized spacial score (nSPS) is 12.4. The fraction of sp³-hybridized carbons (Fsp3) is 0.250. The van der Waals surface area contributed by atoms with E-state index in [1.54, 1.807) is 0 Å². The van der Waals surface area contributed by atoms with E-state index in [4.69, 9.17) is 4.74 Å². The van der Waals surface area contributed by atoms with Gasteiger partial charge in [0.05, 0.1) is 6.10 Å². The molecule has 1 unspecified atom stereocenters. The zero-order chi connectivity index (χ0) is 13.0. The molecule has 0 amide bonds. The number of benzene rings is 2. The lowest BCUT2D eigenvalue weighted by Crippen LogP contribution is -2.06.